The largest absolute Gasteiger partial charge is 0.497 e. The molecule has 1 aromatic heterocycles. The van der Waals surface area contributed by atoms with Crippen LogP contribution in [0.5, 0.6) is 5.75 Å². The first-order chi connectivity index (χ1) is 9.35. The maximum atomic E-state index is 5.29. The molecule has 0 unspecified atom stereocenters. The van der Waals surface area contributed by atoms with Gasteiger partial charge in [0.05, 0.1) is 7.11 Å². The van der Waals surface area contributed by atoms with Crippen molar-refractivity contribution in [2.24, 2.45) is 0 Å². The molecule has 1 aliphatic heterocycles. The van der Waals surface area contributed by atoms with E-state index < -0.39 is 0 Å². The summed E-state index contributed by atoms with van der Waals surface area (Å²) in [5.41, 5.74) is 2.91. The molecule has 0 amide bonds. The molecule has 0 saturated carbocycles. The molecule has 0 bridgehead atoms. The SMILES string of the molecule is COc1ccc2c(c1)CCN(CCc1cccs1)C2. The normalized spacial score (nSPS) is 15.2. The molecule has 0 N–H and O–H groups in total. The molecule has 0 saturated heterocycles. The van der Waals surface area contributed by atoms with Gasteiger partial charge in [0.15, 0.2) is 0 Å². The van der Waals surface area contributed by atoms with Gasteiger partial charge in [0.2, 0.25) is 0 Å². The second-order valence-electron chi connectivity index (χ2n) is 4.99. The molecule has 2 nitrogen and oxygen atoms in total. The Morgan fingerprint density at radius 3 is 3.00 bits per heavy atom. The van der Waals surface area contributed by atoms with Crippen LogP contribution in [0.1, 0.15) is 16.0 Å². The fourth-order valence-electron chi connectivity index (χ4n) is 2.63. The second-order valence-corrected chi connectivity index (χ2v) is 6.02. The minimum absolute atomic E-state index is 0.978. The third-order valence-corrected chi connectivity index (χ3v) is 4.70. The first-order valence-corrected chi connectivity index (χ1v) is 7.63. The van der Waals surface area contributed by atoms with Crippen LogP contribution < -0.4 is 4.74 Å². The topological polar surface area (TPSA) is 12.5 Å². The summed E-state index contributed by atoms with van der Waals surface area (Å²) in [6, 6.07) is 10.8. The fraction of sp³-hybridized carbons (Fsp3) is 0.375. The van der Waals surface area contributed by atoms with E-state index in [-0.39, 0.29) is 0 Å². The number of fused-ring (bicyclic) bond motifs is 1. The maximum absolute atomic E-state index is 5.29. The average Bonchev–Trinajstić information content (AvgIpc) is 2.97. The van der Waals surface area contributed by atoms with E-state index in [9.17, 15) is 0 Å². The zero-order chi connectivity index (χ0) is 13.1. The second kappa shape index (κ2) is 5.76. The van der Waals surface area contributed by atoms with Gasteiger partial charge in [0.25, 0.3) is 0 Å². The molecule has 0 aliphatic carbocycles. The van der Waals surface area contributed by atoms with Gasteiger partial charge >= 0.3 is 0 Å². The highest BCUT2D eigenvalue weighted by molar-refractivity contribution is 7.09. The quantitative estimate of drug-likeness (QED) is 0.847. The molecule has 3 rings (SSSR count). The molecule has 1 aromatic carbocycles. The lowest BCUT2D eigenvalue weighted by Gasteiger charge is -2.28. The van der Waals surface area contributed by atoms with Crippen LogP contribution in [0.4, 0.5) is 0 Å². The van der Waals surface area contributed by atoms with Crippen LogP contribution in [0, 0.1) is 0 Å². The Morgan fingerprint density at radius 1 is 1.26 bits per heavy atom. The highest BCUT2D eigenvalue weighted by Gasteiger charge is 2.16. The molecule has 2 aromatic rings. The van der Waals surface area contributed by atoms with Crippen molar-refractivity contribution >= 4 is 11.3 Å². The van der Waals surface area contributed by atoms with Gasteiger partial charge in [-0.3, -0.25) is 4.90 Å². The van der Waals surface area contributed by atoms with Crippen molar-refractivity contribution in [3.63, 3.8) is 0 Å². The van der Waals surface area contributed by atoms with Crippen LogP contribution in [-0.4, -0.2) is 25.1 Å². The van der Waals surface area contributed by atoms with Crippen molar-refractivity contribution in [2.45, 2.75) is 19.4 Å². The van der Waals surface area contributed by atoms with Crippen LogP contribution in [0.3, 0.4) is 0 Å². The number of benzene rings is 1. The third-order valence-electron chi connectivity index (χ3n) is 3.76. The van der Waals surface area contributed by atoms with Crippen molar-refractivity contribution in [1.29, 1.82) is 0 Å². The predicted molar refractivity (Wildman–Crippen MR) is 80.0 cm³/mol. The van der Waals surface area contributed by atoms with Gasteiger partial charge in [-0.1, -0.05) is 12.1 Å². The van der Waals surface area contributed by atoms with E-state index in [0.717, 1.165) is 31.8 Å². The number of hydrogen-bond acceptors (Lipinski definition) is 3. The Kier molecular flexibility index (Phi) is 3.85. The van der Waals surface area contributed by atoms with Gasteiger partial charge in [-0.25, -0.2) is 0 Å². The smallest absolute Gasteiger partial charge is 0.119 e. The lowest BCUT2D eigenvalue weighted by molar-refractivity contribution is 0.257. The van der Waals surface area contributed by atoms with Crippen LogP contribution in [0.2, 0.25) is 0 Å². The Morgan fingerprint density at radius 2 is 2.21 bits per heavy atom. The van der Waals surface area contributed by atoms with Gasteiger partial charge < -0.3 is 4.74 Å². The summed E-state index contributed by atoms with van der Waals surface area (Å²) >= 11 is 1.86. The number of rotatable bonds is 4. The Bertz CT molecular complexity index is 536. The minimum atomic E-state index is 0.978. The fourth-order valence-corrected chi connectivity index (χ4v) is 3.33. The standard InChI is InChI=1S/C16H19NOS/c1-18-15-5-4-14-12-17(8-6-13(14)11-15)9-7-16-3-2-10-19-16/h2-5,10-11H,6-9,12H2,1H3. The molecule has 0 atom stereocenters. The zero-order valence-corrected chi connectivity index (χ0v) is 12.1. The van der Waals surface area contributed by atoms with Crippen molar-refractivity contribution in [3.8, 4) is 5.75 Å². The highest BCUT2D eigenvalue weighted by atomic mass is 32.1. The van der Waals surface area contributed by atoms with E-state index >= 15 is 0 Å². The van der Waals surface area contributed by atoms with Crippen molar-refractivity contribution in [1.82, 2.24) is 4.90 Å². The summed E-state index contributed by atoms with van der Waals surface area (Å²) in [5.74, 6) is 0.978. The molecule has 0 radical (unpaired) electrons. The van der Waals surface area contributed by atoms with E-state index in [1.807, 2.05) is 11.3 Å². The van der Waals surface area contributed by atoms with E-state index in [0.29, 0.717) is 0 Å². The predicted octanol–water partition coefficient (Wildman–Crippen LogP) is 3.36. The van der Waals surface area contributed by atoms with Crippen LogP contribution >= 0.6 is 11.3 Å². The number of methoxy groups -OCH3 is 1. The molecule has 0 fully saturated rings. The van der Waals surface area contributed by atoms with Crippen molar-refractivity contribution in [2.75, 3.05) is 20.2 Å². The Labute approximate surface area is 118 Å². The van der Waals surface area contributed by atoms with Gasteiger partial charge in [-0.05, 0) is 47.5 Å². The monoisotopic (exact) mass is 273 g/mol. The lowest BCUT2D eigenvalue weighted by atomic mass is 9.99. The summed E-state index contributed by atoms with van der Waals surface area (Å²) in [6.07, 6.45) is 2.31. The minimum Gasteiger partial charge on any atom is -0.497 e. The molecule has 0 spiro atoms. The van der Waals surface area contributed by atoms with E-state index in [1.165, 1.54) is 22.4 Å². The first-order valence-electron chi connectivity index (χ1n) is 6.75. The molecule has 19 heavy (non-hydrogen) atoms. The van der Waals surface area contributed by atoms with Crippen LogP contribution in [-0.2, 0) is 19.4 Å². The maximum Gasteiger partial charge on any atom is 0.119 e. The number of hydrogen-bond donors (Lipinski definition) is 0. The van der Waals surface area contributed by atoms with Crippen molar-refractivity contribution < 1.29 is 4.74 Å². The summed E-state index contributed by atoms with van der Waals surface area (Å²) in [4.78, 5) is 4.04. The number of nitrogens with zero attached hydrogens (tertiary/aromatic N) is 1. The highest BCUT2D eigenvalue weighted by Crippen LogP contribution is 2.24. The molecule has 2 heterocycles. The van der Waals surface area contributed by atoms with E-state index in [1.54, 1.807) is 7.11 Å². The zero-order valence-electron chi connectivity index (χ0n) is 11.3. The molecule has 100 valence electrons. The van der Waals surface area contributed by atoms with Crippen molar-refractivity contribution in [3.05, 3.63) is 51.7 Å². The van der Waals surface area contributed by atoms with E-state index in [2.05, 4.69) is 40.6 Å². The van der Waals surface area contributed by atoms with Crippen LogP contribution in [0.25, 0.3) is 0 Å². The van der Waals surface area contributed by atoms with E-state index in [4.69, 9.17) is 4.74 Å². The number of ether oxygens (including phenoxy) is 1. The summed E-state index contributed by atoms with van der Waals surface area (Å²) in [6.45, 7) is 3.39. The molecular formula is C16H19NOS. The first kappa shape index (κ1) is 12.7. The summed E-state index contributed by atoms with van der Waals surface area (Å²) < 4.78 is 5.29. The molecule has 1 aliphatic rings. The van der Waals surface area contributed by atoms with Gasteiger partial charge in [0, 0.05) is 24.5 Å². The third kappa shape index (κ3) is 2.99. The van der Waals surface area contributed by atoms with Gasteiger partial charge in [-0.15, -0.1) is 11.3 Å². The Hall–Kier alpha value is -1.32. The summed E-state index contributed by atoms with van der Waals surface area (Å²) in [5, 5.41) is 2.16. The van der Waals surface area contributed by atoms with Crippen LogP contribution in [0.15, 0.2) is 35.7 Å². The molecular weight excluding hydrogens is 254 g/mol. The lowest BCUT2D eigenvalue weighted by Crippen LogP contribution is -2.32. The van der Waals surface area contributed by atoms with Gasteiger partial charge in [0.1, 0.15) is 5.75 Å². The summed E-state index contributed by atoms with van der Waals surface area (Å²) in [7, 11) is 1.73. The van der Waals surface area contributed by atoms with Gasteiger partial charge in [-0.2, -0.15) is 0 Å². The molecule has 3 heteroatoms. The Balaban J connectivity index is 1.62. The average molecular weight is 273 g/mol. The number of thiophene rings is 1.